The van der Waals surface area contributed by atoms with Crippen molar-refractivity contribution in [3.63, 3.8) is 0 Å². The Morgan fingerprint density at radius 1 is 1.06 bits per heavy atom. The topological polar surface area (TPSA) is 116 Å². The van der Waals surface area contributed by atoms with Crippen LogP contribution >= 0.6 is 0 Å². The van der Waals surface area contributed by atoms with Crippen LogP contribution in [0.5, 0.6) is 0 Å². The van der Waals surface area contributed by atoms with Crippen molar-refractivity contribution < 1.29 is 18.1 Å². The van der Waals surface area contributed by atoms with Crippen molar-refractivity contribution in [2.75, 3.05) is 51.6 Å². The van der Waals surface area contributed by atoms with Gasteiger partial charge in [-0.05, 0) is 57.3 Å². The number of carbonyl (C=O) groups is 1. The van der Waals surface area contributed by atoms with Crippen LogP contribution in [0.1, 0.15) is 24.2 Å². The van der Waals surface area contributed by atoms with E-state index in [0.717, 1.165) is 6.07 Å². The Labute approximate surface area is 194 Å². The molecule has 2 aromatic carbocycles. The second kappa shape index (κ2) is 10.3. The van der Waals surface area contributed by atoms with Crippen molar-refractivity contribution in [2.24, 2.45) is 0 Å². The van der Waals surface area contributed by atoms with E-state index in [1.165, 1.54) is 16.4 Å². The van der Waals surface area contributed by atoms with E-state index >= 15 is 0 Å². The van der Waals surface area contributed by atoms with E-state index in [1.54, 1.807) is 29.2 Å². The van der Waals surface area contributed by atoms with Gasteiger partial charge in [0.25, 0.3) is 11.6 Å². The summed E-state index contributed by atoms with van der Waals surface area (Å²) in [6.07, 6.45) is 0. The highest BCUT2D eigenvalue weighted by Crippen LogP contribution is 2.31. The predicted molar refractivity (Wildman–Crippen MR) is 126 cm³/mol. The number of piperazine rings is 1. The first-order valence-electron chi connectivity index (χ1n) is 10.8. The molecule has 2 aromatic rings. The molecular weight excluding hydrogens is 446 g/mol. The Kier molecular flexibility index (Phi) is 7.67. The minimum atomic E-state index is -3.83. The van der Waals surface area contributed by atoms with E-state index in [1.807, 2.05) is 25.8 Å². The Hall–Kier alpha value is -3.02. The van der Waals surface area contributed by atoms with Gasteiger partial charge in [-0.25, -0.2) is 8.42 Å². The molecule has 0 spiro atoms. The molecule has 1 fully saturated rings. The summed E-state index contributed by atoms with van der Waals surface area (Å²) in [6.45, 7) is 6.90. The SMILES string of the molecule is CCN(CC)C(=O)c1ccc(Nc2ccc(S(=O)(=O)N3CCN(C)CC3)cc2[N+](=O)[O-])cc1. The fraction of sp³-hybridized carbons (Fsp3) is 0.409. The maximum Gasteiger partial charge on any atom is 0.294 e. The minimum absolute atomic E-state index is 0.0870. The van der Waals surface area contributed by atoms with Gasteiger partial charge in [-0.2, -0.15) is 4.31 Å². The fourth-order valence-electron chi connectivity index (χ4n) is 3.65. The zero-order valence-electron chi connectivity index (χ0n) is 19.0. The van der Waals surface area contributed by atoms with E-state index < -0.39 is 14.9 Å². The van der Waals surface area contributed by atoms with Gasteiger partial charge < -0.3 is 15.1 Å². The second-order valence-electron chi connectivity index (χ2n) is 7.82. The molecule has 33 heavy (non-hydrogen) atoms. The molecule has 1 aliphatic heterocycles. The zero-order chi connectivity index (χ0) is 24.2. The number of nitrogens with one attached hydrogen (secondary N) is 1. The number of hydrogen-bond acceptors (Lipinski definition) is 7. The number of carbonyl (C=O) groups excluding carboxylic acids is 1. The fourth-order valence-corrected chi connectivity index (χ4v) is 5.09. The molecule has 1 aliphatic rings. The van der Waals surface area contributed by atoms with Crippen LogP contribution in [0, 0.1) is 10.1 Å². The number of anilines is 2. The monoisotopic (exact) mass is 475 g/mol. The predicted octanol–water partition coefficient (Wildman–Crippen LogP) is 2.76. The lowest BCUT2D eigenvalue weighted by Crippen LogP contribution is -2.47. The summed E-state index contributed by atoms with van der Waals surface area (Å²) >= 11 is 0. The third-order valence-electron chi connectivity index (χ3n) is 5.73. The van der Waals surface area contributed by atoms with Crippen LogP contribution < -0.4 is 5.32 Å². The number of rotatable bonds is 8. The van der Waals surface area contributed by atoms with Crippen molar-refractivity contribution in [3.8, 4) is 0 Å². The van der Waals surface area contributed by atoms with E-state index in [2.05, 4.69) is 5.32 Å². The summed E-state index contributed by atoms with van der Waals surface area (Å²) in [5, 5.41) is 14.7. The molecule has 178 valence electrons. The molecule has 0 saturated carbocycles. The first kappa shape index (κ1) is 24.6. The number of nitro benzene ring substituents is 1. The van der Waals surface area contributed by atoms with Gasteiger partial charge in [-0.1, -0.05) is 0 Å². The standard InChI is InChI=1S/C22H29N5O5S/c1-4-25(5-2)22(28)17-6-8-18(9-7-17)23-20-11-10-19(16-21(20)27(29)30)33(31,32)26-14-12-24(3)13-15-26/h6-11,16,23H,4-5,12-15H2,1-3H3. The summed E-state index contributed by atoms with van der Waals surface area (Å²) in [6, 6.07) is 10.5. The van der Waals surface area contributed by atoms with Gasteiger partial charge in [0.15, 0.2) is 0 Å². The third kappa shape index (κ3) is 5.49. The normalized spacial score (nSPS) is 15.2. The molecule has 1 saturated heterocycles. The number of benzene rings is 2. The van der Waals surface area contributed by atoms with Crippen molar-refractivity contribution in [1.29, 1.82) is 0 Å². The molecule has 0 radical (unpaired) electrons. The van der Waals surface area contributed by atoms with Crippen molar-refractivity contribution in [3.05, 3.63) is 58.1 Å². The highest BCUT2D eigenvalue weighted by Gasteiger charge is 2.29. The van der Waals surface area contributed by atoms with Crippen LogP contribution in [0.15, 0.2) is 47.4 Å². The number of nitrogens with zero attached hydrogens (tertiary/aromatic N) is 4. The molecule has 0 bridgehead atoms. The molecule has 0 unspecified atom stereocenters. The molecule has 3 rings (SSSR count). The second-order valence-corrected chi connectivity index (χ2v) is 9.76. The molecule has 0 aromatic heterocycles. The summed E-state index contributed by atoms with van der Waals surface area (Å²) in [5.41, 5.74) is 0.893. The molecular formula is C22H29N5O5S. The summed E-state index contributed by atoms with van der Waals surface area (Å²) in [5.74, 6) is -0.0870. The molecule has 0 aliphatic carbocycles. The molecule has 10 nitrogen and oxygen atoms in total. The molecule has 1 N–H and O–H groups in total. The van der Waals surface area contributed by atoms with Gasteiger partial charge in [-0.15, -0.1) is 0 Å². The zero-order valence-corrected chi connectivity index (χ0v) is 19.8. The van der Waals surface area contributed by atoms with Crippen LogP contribution in [0.3, 0.4) is 0 Å². The first-order chi connectivity index (χ1) is 15.7. The van der Waals surface area contributed by atoms with Crippen LogP contribution in [-0.2, 0) is 10.0 Å². The first-order valence-corrected chi connectivity index (χ1v) is 12.2. The highest BCUT2D eigenvalue weighted by molar-refractivity contribution is 7.89. The third-order valence-corrected chi connectivity index (χ3v) is 7.62. The highest BCUT2D eigenvalue weighted by atomic mass is 32.2. The lowest BCUT2D eigenvalue weighted by Gasteiger charge is -2.31. The molecule has 1 amide bonds. The average Bonchev–Trinajstić information content (AvgIpc) is 2.80. The number of amides is 1. The number of hydrogen-bond donors (Lipinski definition) is 1. The summed E-state index contributed by atoms with van der Waals surface area (Å²) in [7, 11) is -1.91. The van der Waals surface area contributed by atoms with Crippen molar-refractivity contribution >= 4 is 33.0 Å². The lowest BCUT2D eigenvalue weighted by molar-refractivity contribution is -0.384. The smallest absolute Gasteiger partial charge is 0.294 e. The van der Waals surface area contributed by atoms with Crippen molar-refractivity contribution in [2.45, 2.75) is 18.7 Å². The Morgan fingerprint density at radius 2 is 1.67 bits per heavy atom. The average molecular weight is 476 g/mol. The molecule has 1 heterocycles. The van der Waals surface area contributed by atoms with Crippen LogP contribution in [-0.4, -0.2) is 79.7 Å². The lowest BCUT2D eigenvalue weighted by atomic mass is 10.1. The Balaban J connectivity index is 1.83. The van der Waals surface area contributed by atoms with Gasteiger partial charge in [-0.3, -0.25) is 14.9 Å². The largest absolute Gasteiger partial charge is 0.350 e. The van der Waals surface area contributed by atoms with E-state index in [9.17, 15) is 23.3 Å². The van der Waals surface area contributed by atoms with E-state index in [-0.39, 0.29) is 22.2 Å². The van der Waals surface area contributed by atoms with Gasteiger partial charge >= 0.3 is 0 Å². The van der Waals surface area contributed by atoms with Crippen LogP contribution in [0.25, 0.3) is 0 Å². The minimum Gasteiger partial charge on any atom is -0.350 e. The molecule has 11 heteroatoms. The Morgan fingerprint density at radius 3 is 2.21 bits per heavy atom. The van der Waals surface area contributed by atoms with Crippen LogP contribution in [0.2, 0.25) is 0 Å². The van der Waals surface area contributed by atoms with Gasteiger partial charge in [0.2, 0.25) is 10.0 Å². The van der Waals surface area contributed by atoms with E-state index in [4.69, 9.17) is 0 Å². The maximum absolute atomic E-state index is 13.0. The summed E-state index contributed by atoms with van der Waals surface area (Å²) in [4.78, 5) is 27.2. The van der Waals surface area contributed by atoms with Gasteiger partial charge in [0.1, 0.15) is 5.69 Å². The van der Waals surface area contributed by atoms with Crippen molar-refractivity contribution in [1.82, 2.24) is 14.1 Å². The Bertz CT molecular complexity index is 1110. The van der Waals surface area contributed by atoms with Crippen LogP contribution in [0.4, 0.5) is 17.1 Å². The van der Waals surface area contributed by atoms with E-state index in [0.29, 0.717) is 50.5 Å². The van der Waals surface area contributed by atoms with Gasteiger partial charge in [0, 0.05) is 56.6 Å². The quantitative estimate of drug-likeness (QED) is 0.461. The summed E-state index contributed by atoms with van der Waals surface area (Å²) < 4.78 is 27.3. The number of likely N-dealkylation sites (N-methyl/N-ethyl adjacent to an activating group) is 1. The maximum atomic E-state index is 13.0. The number of sulfonamides is 1. The van der Waals surface area contributed by atoms with Gasteiger partial charge in [0.05, 0.1) is 9.82 Å². The number of nitro groups is 1. The molecule has 0 atom stereocenters.